The molecule has 0 aromatic rings. The molecule has 1 aliphatic heterocycles. The second-order valence-corrected chi connectivity index (χ2v) is 3.25. The molecule has 94 valence electrons. The van der Waals surface area contributed by atoms with E-state index in [9.17, 15) is 9.59 Å². The zero-order valence-corrected chi connectivity index (χ0v) is 10.4. The van der Waals surface area contributed by atoms with Crippen molar-refractivity contribution in [1.29, 1.82) is 0 Å². The lowest BCUT2D eigenvalue weighted by molar-refractivity contribution is -0.148. The van der Waals surface area contributed by atoms with Gasteiger partial charge in [-0.3, -0.25) is 14.9 Å². The molecule has 2 unspecified atom stereocenters. The summed E-state index contributed by atoms with van der Waals surface area (Å²) in [5.74, 6) is -0.641. The molecule has 16 heavy (non-hydrogen) atoms. The Morgan fingerprint density at radius 1 is 1.00 bits per heavy atom. The maximum absolute atomic E-state index is 11.2. The fourth-order valence-corrected chi connectivity index (χ4v) is 1.59. The first-order chi connectivity index (χ1) is 7.69. The minimum absolute atomic E-state index is 0.321. The van der Waals surface area contributed by atoms with E-state index < -0.39 is 0 Å². The van der Waals surface area contributed by atoms with Gasteiger partial charge in [-0.25, -0.2) is 0 Å². The Kier molecular flexibility index (Phi) is 7.54. The molecule has 5 heteroatoms. The molecule has 1 saturated heterocycles. The minimum atomic E-state index is -0.377. The number of piperidine rings is 1. The largest absolute Gasteiger partial charge is 0.468 e. The molecule has 0 bridgehead atoms. The molecule has 0 aromatic heterocycles. The summed E-state index contributed by atoms with van der Waals surface area (Å²) in [5.41, 5.74) is 0. The highest BCUT2D eigenvalue weighted by Crippen LogP contribution is 2.14. The third-order valence-electron chi connectivity index (χ3n) is 2.36. The Hall–Kier alpha value is -1.10. The lowest BCUT2D eigenvalue weighted by Gasteiger charge is -2.27. The quantitative estimate of drug-likeness (QED) is 0.714. The average Bonchev–Trinajstić information content (AvgIpc) is 2.39. The minimum Gasteiger partial charge on any atom is -0.468 e. The van der Waals surface area contributed by atoms with E-state index in [-0.39, 0.29) is 24.0 Å². The van der Waals surface area contributed by atoms with E-state index >= 15 is 0 Å². The van der Waals surface area contributed by atoms with Crippen molar-refractivity contribution in [3.8, 4) is 0 Å². The summed E-state index contributed by atoms with van der Waals surface area (Å²) in [6.45, 7) is 4.00. The summed E-state index contributed by atoms with van der Waals surface area (Å²) < 4.78 is 9.20. The Balaban J connectivity index is 0.00000106. The summed E-state index contributed by atoms with van der Waals surface area (Å²) in [5, 5.41) is 2.91. The average molecular weight is 231 g/mol. The first kappa shape index (κ1) is 14.9. The van der Waals surface area contributed by atoms with Gasteiger partial charge in [-0.1, -0.05) is 13.8 Å². The van der Waals surface area contributed by atoms with E-state index in [1.165, 1.54) is 14.2 Å². The number of hydrogen-bond donors (Lipinski definition) is 1. The van der Waals surface area contributed by atoms with Crippen LogP contribution in [0.4, 0.5) is 0 Å². The van der Waals surface area contributed by atoms with Gasteiger partial charge in [-0.05, 0) is 19.3 Å². The predicted octanol–water partition coefficient (Wildman–Crippen LogP) is 0.869. The van der Waals surface area contributed by atoms with Crippen molar-refractivity contribution < 1.29 is 19.1 Å². The number of esters is 2. The highest BCUT2D eigenvalue weighted by Gasteiger charge is 2.31. The summed E-state index contributed by atoms with van der Waals surface area (Å²) in [6.07, 6.45) is 2.24. The third-order valence-corrected chi connectivity index (χ3v) is 2.36. The molecular weight excluding hydrogens is 210 g/mol. The van der Waals surface area contributed by atoms with E-state index in [1.807, 2.05) is 13.8 Å². The number of carbonyl (C=O) groups excluding carboxylic acids is 2. The van der Waals surface area contributed by atoms with Crippen molar-refractivity contribution in [3.63, 3.8) is 0 Å². The molecule has 0 saturated carbocycles. The first-order valence-electron chi connectivity index (χ1n) is 5.60. The van der Waals surface area contributed by atoms with Crippen molar-refractivity contribution in [2.24, 2.45) is 0 Å². The van der Waals surface area contributed by atoms with E-state index in [4.69, 9.17) is 0 Å². The van der Waals surface area contributed by atoms with Gasteiger partial charge in [-0.15, -0.1) is 0 Å². The van der Waals surface area contributed by atoms with Gasteiger partial charge in [-0.2, -0.15) is 0 Å². The summed E-state index contributed by atoms with van der Waals surface area (Å²) in [7, 11) is 2.68. The van der Waals surface area contributed by atoms with E-state index in [0.29, 0.717) is 12.8 Å². The standard InChI is InChI=1S/C9H15NO4.C2H6/c1-13-8(11)6-4-3-5-7(10-6)9(12)14-2;1-2/h6-7,10H,3-5H2,1-2H3;1-2H3. The number of carbonyl (C=O) groups is 2. The van der Waals surface area contributed by atoms with Crippen LogP contribution in [0.1, 0.15) is 33.1 Å². The molecule has 0 aliphatic carbocycles. The Bertz CT molecular complexity index is 208. The summed E-state index contributed by atoms with van der Waals surface area (Å²) >= 11 is 0. The molecule has 0 radical (unpaired) electrons. The van der Waals surface area contributed by atoms with Crippen molar-refractivity contribution in [3.05, 3.63) is 0 Å². The summed E-state index contributed by atoms with van der Waals surface area (Å²) in [4.78, 5) is 22.4. The molecule has 1 rings (SSSR count). The molecule has 0 amide bonds. The van der Waals surface area contributed by atoms with Gasteiger partial charge in [0.15, 0.2) is 0 Å². The fraction of sp³-hybridized carbons (Fsp3) is 0.818. The van der Waals surface area contributed by atoms with Crippen LogP contribution in [0.15, 0.2) is 0 Å². The number of nitrogens with one attached hydrogen (secondary N) is 1. The zero-order chi connectivity index (χ0) is 12.6. The van der Waals surface area contributed by atoms with E-state index in [2.05, 4.69) is 14.8 Å². The third kappa shape index (κ3) is 4.18. The van der Waals surface area contributed by atoms with Crippen molar-refractivity contribution in [1.82, 2.24) is 5.32 Å². The van der Waals surface area contributed by atoms with Crippen LogP contribution in [0.5, 0.6) is 0 Å². The Morgan fingerprint density at radius 3 is 1.69 bits per heavy atom. The van der Waals surface area contributed by atoms with Crippen molar-refractivity contribution in [2.45, 2.75) is 45.2 Å². The molecule has 2 atom stereocenters. The Morgan fingerprint density at radius 2 is 1.38 bits per heavy atom. The summed E-state index contributed by atoms with van der Waals surface area (Å²) in [6, 6.07) is -0.754. The molecule has 1 fully saturated rings. The topological polar surface area (TPSA) is 64.6 Å². The molecular formula is C11H21NO4. The second-order valence-electron chi connectivity index (χ2n) is 3.25. The van der Waals surface area contributed by atoms with Crippen LogP contribution < -0.4 is 5.32 Å². The van der Waals surface area contributed by atoms with Gasteiger partial charge in [0.25, 0.3) is 0 Å². The molecule has 1 N–H and O–H groups in total. The predicted molar refractivity (Wildman–Crippen MR) is 59.9 cm³/mol. The smallest absolute Gasteiger partial charge is 0.322 e. The van der Waals surface area contributed by atoms with Crippen LogP contribution in [0.2, 0.25) is 0 Å². The maximum atomic E-state index is 11.2. The first-order valence-corrected chi connectivity index (χ1v) is 5.60. The highest BCUT2D eigenvalue weighted by molar-refractivity contribution is 5.80. The molecule has 1 heterocycles. The molecule has 0 spiro atoms. The fourth-order valence-electron chi connectivity index (χ4n) is 1.59. The van der Waals surface area contributed by atoms with Gasteiger partial charge in [0.05, 0.1) is 14.2 Å². The van der Waals surface area contributed by atoms with Gasteiger partial charge in [0, 0.05) is 0 Å². The van der Waals surface area contributed by atoms with Gasteiger partial charge in [0.1, 0.15) is 12.1 Å². The van der Waals surface area contributed by atoms with Gasteiger partial charge < -0.3 is 9.47 Å². The lowest BCUT2D eigenvalue weighted by Crippen LogP contribution is -2.50. The van der Waals surface area contributed by atoms with Crippen molar-refractivity contribution in [2.75, 3.05) is 14.2 Å². The van der Waals surface area contributed by atoms with E-state index in [0.717, 1.165) is 6.42 Å². The van der Waals surface area contributed by atoms with Gasteiger partial charge >= 0.3 is 11.9 Å². The van der Waals surface area contributed by atoms with Crippen LogP contribution in [0.3, 0.4) is 0 Å². The van der Waals surface area contributed by atoms with Gasteiger partial charge in [0.2, 0.25) is 0 Å². The SMILES string of the molecule is CC.COC(=O)C1CCCC(C(=O)OC)N1. The molecule has 5 nitrogen and oxygen atoms in total. The molecule has 1 aliphatic rings. The Labute approximate surface area is 96.5 Å². The second kappa shape index (κ2) is 8.10. The van der Waals surface area contributed by atoms with Crippen LogP contribution in [-0.4, -0.2) is 38.2 Å². The number of rotatable bonds is 2. The molecule has 0 aromatic carbocycles. The van der Waals surface area contributed by atoms with Crippen molar-refractivity contribution >= 4 is 11.9 Å². The van der Waals surface area contributed by atoms with Crippen LogP contribution in [0, 0.1) is 0 Å². The van der Waals surface area contributed by atoms with Crippen LogP contribution >= 0.6 is 0 Å². The zero-order valence-electron chi connectivity index (χ0n) is 10.4. The number of methoxy groups -OCH3 is 2. The highest BCUT2D eigenvalue weighted by atomic mass is 16.5. The number of hydrogen-bond acceptors (Lipinski definition) is 5. The van der Waals surface area contributed by atoms with Crippen LogP contribution in [-0.2, 0) is 19.1 Å². The lowest BCUT2D eigenvalue weighted by atomic mass is 9.99. The maximum Gasteiger partial charge on any atom is 0.322 e. The van der Waals surface area contributed by atoms with E-state index in [1.54, 1.807) is 0 Å². The van der Waals surface area contributed by atoms with Crippen LogP contribution in [0.25, 0.3) is 0 Å². The normalized spacial score (nSPS) is 23.8. The number of ether oxygens (including phenoxy) is 2. The monoisotopic (exact) mass is 231 g/mol.